The lowest BCUT2D eigenvalue weighted by atomic mass is 9.92. The van der Waals surface area contributed by atoms with Crippen molar-refractivity contribution in [3.8, 4) is 33.1 Å². The summed E-state index contributed by atoms with van der Waals surface area (Å²) in [6.45, 7) is 7.92. The van der Waals surface area contributed by atoms with E-state index < -0.39 is 0 Å². The predicted molar refractivity (Wildman–Crippen MR) is 153 cm³/mol. The van der Waals surface area contributed by atoms with Gasteiger partial charge in [0.25, 0.3) is 5.91 Å². The third-order valence-corrected chi connectivity index (χ3v) is 8.76. The quantitative estimate of drug-likeness (QED) is 0.375. The first-order chi connectivity index (χ1) is 18.8. The average molecular weight is 546 g/mol. The maximum atomic E-state index is 14.3. The summed E-state index contributed by atoms with van der Waals surface area (Å²) in [5.74, 6) is 0.851. The van der Waals surface area contributed by atoms with Crippen LogP contribution >= 0.6 is 11.3 Å². The number of carbonyl (C=O) groups is 1. The zero-order valence-electron chi connectivity index (χ0n) is 23.0. The highest BCUT2D eigenvalue weighted by atomic mass is 32.1. The van der Waals surface area contributed by atoms with Crippen LogP contribution in [0.3, 0.4) is 0 Å². The second-order valence-corrected chi connectivity index (χ2v) is 12.3. The molecule has 0 fully saturated rings. The minimum atomic E-state index is -0.258. The zero-order chi connectivity index (χ0) is 27.3. The first-order valence-corrected chi connectivity index (χ1v) is 14.5. The van der Waals surface area contributed by atoms with E-state index in [-0.39, 0.29) is 18.1 Å². The van der Waals surface area contributed by atoms with Crippen molar-refractivity contribution in [3.05, 3.63) is 58.4 Å². The van der Waals surface area contributed by atoms with E-state index in [1.807, 2.05) is 6.20 Å². The molecule has 0 saturated carbocycles. The van der Waals surface area contributed by atoms with Crippen molar-refractivity contribution in [1.82, 2.24) is 24.5 Å². The lowest BCUT2D eigenvalue weighted by molar-refractivity contribution is 0.0558. The molecule has 1 amide bonds. The standard InChI is InChI=1S/C30H35N5O3S/c1-30(2,3)34-12-6-5-8-21-26(25-9-7-15-39-25)27-22-17-23(35-18-20(11-14-36)31-32-35)24(38-4)16-19(22)10-13-33(27)28(21)29(34)37/h7,9,15-18,36H,5-6,8,10-14H2,1-4H3. The van der Waals surface area contributed by atoms with E-state index in [9.17, 15) is 9.90 Å². The van der Waals surface area contributed by atoms with Crippen LogP contribution in [-0.2, 0) is 25.8 Å². The Labute approximate surface area is 232 Å². The van der Waals surface area contributed by atoms with Gasteiger partial charge in [0.15, 0.2) is 0 Å². The smallest absolute Gasteiger partial charge is 0.271 e. The number of benzene rings is 1. The fourth-order valence-electron chi connectivity index (χ4n) is 6.05. The van der Waals surface area contributed by atoms with Gasteiger partial charge in [-0.15, -0.1) is 16.4 Å². The summed E-state index contributed by atoms with van der Waals surface area (Å²) in [6.07, 6.45) is 6.01. The Kier molecular flexibility index (Phi) is 6.59. The Balaban J connectivity index is 1.61. The van der Waals surface area contributed by atoms with E-state index in [2.05, 4.69) is 70.2 Å². The van der Waals surface area contributed by atoms with Crippen molar-refractivity contribution in [2.75, 3.05) is 20.3 Å². The molecule has 5 heterocycles. The van der Waals surface area contributed by atoms with Gasteiger partial charge in [-0.25, -0.2) is 4.68 Å². The second-order valence-electron chi connectivity index (χ2n) is 11.3. The van der Waals surface area contributed by atoms with Gasteiger partial charge >= 0.3 is 0 Å². The number of nitrogens with zero attached hydrogens (tertiary/aromatic N) is 5. The van der Waals surface area contributed by atoms with Gasteiger partial charge in [-0.3, -0.25) is 4.79 Å². The number of aliphatic hydroxyl groups excluding tert-OH is 1. The highest BCUT2D eigenvalue weighted by molar-refractivity contribution is 7.13. The summed E-state index contributed by atoms with van der Waals surface area (Å²) >= 11 is 1.72. The molecule has 0 bridgehead atoms. The molecule has 4 aromatic rings. The Morgan fingerprint density at radius 2 is 1.97 bits per heavy atom. The highest BCUT2D eigenvalue weighted by Gasteiger charge is 2.37. The number of ether oxygens (including phenoxy) is 1. The summed E-state index contributed by atoms with van der Waals surface area (Å²) in [6, 6.07) is 8.49. The fraction of sp³-hybridized carbons (Fsp3) is 0.433. The van der Waals surface area contributed by atoms with Gasteiger partial charge in [0, 0.05) is 47.7 Å². The SMILES string of the molecule is COc1cc2c(cc1-n1cc(CCO)nn1)-c1c(-c3cccs3)c3c(n1CC2)C(=O)N(C(C)(C)C)CCCC3. The number of aliphatic hydroxyl groups is 1. The largest absolute Gasteiger partial charge is 0.494 e. The molecule has 0 spiro atoms. The third-order valence-electron chi connectivity index (χ3n) is 7.87. The molecule has 0 radical (unpaired) electrons. The summed E-state index contributed by atoms with van der Waals surface area (Å²) in [5.41, 5.74) is 7.84. The first-order valence-electron chi connectivity index (χ1n) is 13.7. The summed E-state index contributed by atoms with van der Waals surface area (Å²) < 4.78 is 9.81. The summed E-state index contributed by atoms with van der Waals surface area (Å²) in [4.78, 5) is 17.5. The lowest BCUT2D eigenvalue weighted by Crippen LogP contribution is -2.47. The Morgan fingerprint density at radius 1 is 1.13 bits per heavy atom. The van der Waals surface area contributed by atoms with E-state index in [0.29, 0.717) is 6.42 Å². The van der Waals surface area contributed by atoms with Crippen molar-refractivity contribution in [3.63, 3.8) is 0 Å². The highest BCUT2D eigenvalue weighted by Crippen LogP contribution is 2.47. The number of aryl methyl sites for hydroxylation is 1. The molecule has 2 aliphatic rings. The van der Waals surface area contributed by atoms with Crippen LogP contribution in [0.4, 0.5) is 0 Å². The number of rotatable bonds is 5. The van der Waals surface area contributed by atoms with Gasteiger partial charge in [0.05, 0.1) is 24.7 Å². The van der Waals surface area contributed by atoms with Gasteiger partial charge in [0.2, 0.25) is 0 Å². The molecule has 0 unspecified atom stereocenters. The summed E-state index contributed by atoms with van der Waals surface area (Å²) in [5, 5.41) is 20.0. The first kappa shape index (κ1) is 25.8. The van der Waals surface area contributed by atoms with E-state index in [1.165, 1.54) is 21.6 Å². The van der Waals surface area contributed by atoms with Crippen LogP contribution in [0.1, 0.15) is 60.9 Å². The lowest BCUT2D eigenvalue weighted by Gasteiger charge is -2.37. The van der Waals surface area contributed by atoms with Crippen molar-refractivity contribution < 1.29 is 14.6 Å². The Morgan fingerprint density at radius 3 is 2.69 bits per heavy atom. The van der Waals surface area contributed by atoms with Gasteiger partial charge in [0.1, 0.15) is 17.1 Å². The molecule has 0 atom stereocenters. The van der Waals surface area contributed by atoms with E-state index in [0.717, 1.165) is 72.9 Å². The van der Waals surface area contributed by atoms with Crippen molar-refractivity contribution in [2.45, 2.75) is 65.0 Å². The number of fused-ring (bicyclic) bond motifs is 5. The second kappa shape index (κ2) is 9.95. The maximum absolute atomic E-state index is 14.3. The fourth-order valence-corrected chi connectivity index (χ4v) is 6.85. The Bertz CT molecular complexity index is 1530. The molecule has 2 aliphatic heterocycles. The average Bonchev–Trinajstić information content (AvgIpc) is 3.64. The van der Waals surface area contributed by atoms with Gasteiger partial charge in [-0.1, -0.05) is 11.3 Å². The van der Waals surface area contributed by atoms with E-state index >= 15 is 0 Å². The van der Waals surface area contributed by atoms with Crippen LogP contribution in [0, 0.1) is 0 Å². The number of amides is 1. The van der Waals surface area contributed by atoms with Gasteiger partial charge in [-0.05, 0) is 81.2 Å². The molecule has 1 N–H and O–H groups in total. The number of aromatic nitrogens is 4. The molecule has 8 nitrogen and oxygen atoms in total. The molecule has 0 aliphatic carbocycles. The van der Waals surface area contributed by atoms with Crippen LogP contribution in [0.25, 0.3) is 27.4 Å². The molecule has 9 heteroatoms. The number of hydrogen-bond donors (Lipinski definition) is 1. The molecule has 1 aromatic carbocycles. The molecule has 0 saturated heterocycles. The Hall–Kier alpha value is -3.43. The van der Waals surface area contributed by atoms with Crippen LogP contribution in [0.5, 0.6) is 5.75 Å². The van der Waals surface area contributed by atoms with Crippen molar-refractivity contribution in [1.29, 1.82) is 0 Å². The zero-order valence-corrected chi connectivity index (χ0v) is 23.8. The van der Waals surface area contributed by atoms with Crippen LogP contribution in [-0.4, -0.2) is 61.3 Å². The van der Waals surface area contributed by atoms with Gasteiger partial charge < -0.3 is 19.3 Å². The van der Waals surface area contributed by atoms with Crippen molar-refractivity contribution in [2.24, 2.45) is 0 Å². The van der Waals surface area contributed by atoms with E-state index in [1.54, 1.807) is 23.1 Å². The van der Waals surface area contributed by atoms with Crippen LogP contribution in [0.15, 0.2) is 35.8 Å². The molecule has 3 aromatic heterocycles. The van der Waals surface area contributed by atoms with Crippen LogP contribution in [0.2, 0.25) is 0 Å². The molecular formula is C30H35N5O3S. The minimum absolute atomic E-state index is 0.0167. The molecule has 39 heavy (non-hydrogen) atoms. The predicted octanol–water partition coefficient (Wildman–Crippen LogP) is 5.14. The van der Waals surface area contributed by atoms with E-state index in [4.69, 9.17) is 4.74 Å². The minimum Gasteiger partial charge on any atom is -0.494 e. The normalized spacial score (nSPS) is 15.4. The van der Waals surface area contributed by atoms with Crippen molar-refractivity contribution >= 4 is 17.2 Å². The number of thiophene rings is 1. The third kappa shape index (κ3) is 4.37. The molecule has 6 rings (SSSR count). The number of carbonyl (C=O) groups excluding carboxylic acids is 1. The number of hydrogen-bond acceptors (Lipinski definition) is 6. The number of methoxy groups -OCH3 is 1. The summed E-state index contributed by atoms with van der Waals surface area (Å²) in [7, 11) is 1.67. The molecular weight excluding hydrogens is 510 g/mol. The van der Waals surface area contributed by atoms with Gasteiger partial charge in [-0.2, -0.15) is 0 Å². The maximum Gasteiger partial charge on any atom is 0.271 e. The monoisotopic (exact) mass is 545 g/mol. The van der Waals surface area contributed by atoms with Crippen LogP contribution < -0.4 is 4.74 Å². The molecule has 204 valence electrons. The topological polar surface area (TPSA) is 85.4 Å².